The van der Waals surface area contributed by atoms with Crippen LogP contribution in [0.15, 0.2) is 51.7 Å². The van der Waals surface area contributed by atoms with E-state index in [-0.39, 0.29) is 12.3 Å². The van der Waals surface area contributed by atoms with Crippen LogP contribution in [0, 0.1) is 0 Å². The fourth-order valence-corrected chi connectivity index (χ4v) is 3.00. The van der Waals surface area contributed by atoms with E-state index in [1.165, 1.54) is 0 Å². The van der Waals surface area contributed by atoms with Crippen LogP contribution in [0.2, 0.25) is 5.02 Å². The number of ether oxygens (including phenoxy) is 1. The van der Waals surface area contributed by atoms with Gasteiger partial charge < -0.3 is 9.72 Å². The molecule has 0 atom stereocenters. The highest BCUT2D eigenvalue weighted by Crippen LogP contribution is 2.21. The second-order valence-corrected chi connectivity index (χ2v) is 6.54. The maximum absolute atomic E-state index is 12.1. The lowest BCUT2D eigenvalue weighted by molar-refractivity contribution is 0.0496. The van der Waals surface area contributed by atoms with Gasteiger partial charge in [0.25, 0.3) is 0 Å². The Morgan fingerprint density at radius 3 is 2.88 bits per heavy atom. The molecule has 0 aliphatic carbocycles. The van der Waals surface area contributed by atoms with Gasteiger partial charge in [-0.25, -0.2) is 9.59 Å². The Hall–Kier alpha value is -2.05. The summed E-state index contributed by atoms with van der Waals surface area (Å²) in [6, 6.07) is 12.5. The fourth-order valence-electron chi connectivity index (χ4n) is 2.45. The van der Waals surface area contributed by atoms with E-state index in [0.717, 1.165) is 15.5 Å². The number of esters is 1. The molecule has 0 aliphatic rings. The summed E-state index contributed by atoms with van der Waals surface area (Å²) in [5.41, 5.74) is 1.78. The number of aryl methyl sites for hydroxylation is 1. The number of halogens is 2. The Kier molecular flexibility index (Phi) is 5.06. The Labute approximate surface area is 151 Å². The van der Waals surface area contributed by atoms with Crippen molar-refractivity contribution in [3.05, 3.63) is 68.0 Å². The molecule has 0 unspecified atom stereocenters. The van der Waals surface area contributed by atoms with E-state index in [0.29, 0.717) is 23.6 Å². The number of aromatic amines is 1. The number of benzene rings is 2. The zero-order chi connectivity index (χ0) is 17.1. The van der Waals surface area contributed by atoms with Crippen molar-refractivity contribution in [2.75, 3.05) is 6.61 Å². The van der Waals surface area contributed by atoms with Crippen LogP contribution in [-0.4, -0.2) is 22.1 Å². The molecule has 1 aromatic heterocycles. The molecular weight excluding hydrogens is 396 g/mol. The molecule has 0 bridgehead atoms. The van der Waals surface area contributed by atoms with Crippen LogP contribution in [0.1, 0.15) is 16.8 Å². The van der Waals surface area contributed by atoms with Crippen molar-refractivity contribution in [2.45, 2.75) is 13.0 Å². The third-order valence-electron chi connectivity index (χ3n) is 3.59. The molecule has 0 saturated carbocycles. The molecule has 7 heteroatoms. The average molecular weight is 410 g/mol. The van der Waals surface area contributed by atoms with Gasteiger partial charge in [-0.15, -0.1) is 0 Å². The molecule has 2 aromatic carbocycles. The maximum Gasteiger partial charge on any atom is 0.339 e. The zero-order valence-electron chi connectivity index (χ0n) is 12.6. The number of carbonyl (C=O) groups is 1. The van der Waals surface area contributed by atoms with Crippen molar-refractivity contribution >= 4 is 44.5 Å². The largest absolute Gasteiger partial charge is 0.462 e. The second-order valence-electron chi connectivity index (χ2n) is 5.21. The SMILES string of the molecule is O=C(OCCCn1c(=O)[nH]c2ccccc21)c1cc(Br)ccc1Cl. The summed E-state index contributed by atoms with van der Waals surface area (Å²) in [6.07, 6.45) is 0.527. The van der Waals surface area contributed by atoms with Crippen LogP contribution in [0.4, 0.5) is 0 Å². The maximum atomic E-state index is 12.1. The van der Waals surface area contributed by atoms with Crippen molar-refractivity contribution in [3.8, 4) is 0 Å². The monoisotopic (exact) mass is 408 g/mol. The third kappa shape index (κ3) is 3.55. The molecule has 24 heavy (non-hydrogen) atoms. The Morgan fingerprint density at radius 1 is 1.25 bits per heavy atom. The van der Waals surface area contributed by atoms with E-state index in [4.69, 9.17) is 16.3 Å². The van der Waals surface area contributed by atoms with Gasteiger partial charge in [-0.1, -0.05) is 39.7 Å². The fraction of sp³-hybridized carbons (Fsp3) is 0.176. The van der Waals surface area contributed by atoms with Gasteiger partial charge in [-0.05, 0) is 36.8 Å². The summed E-state index contributed by atoms with van der Waals surface area (Å²) in [4.78, 5) is 26.8. The van der Waals surface area contributed by atoms with Crippen molar-refractivity contribution < 1.29 is 9.53 Å². The number of rotatable bonds is 5. The first kappa shape index (κ1) is 16.8. The summed E-state index contributed by atoms with van der Waals surface area (Å²) in [5.74, 6) is -0.479. The average Bonchev–Trinajstić information content (AvgIpc) is 2.89. The Bertz CT molecular complexity index is 948. The second kappa shape index (κ2) is 7.23. The van der Waals surface area contributed by atoms with Crippen LogP contribution in [0.25, 0.3) is 11.0 Å². The molecule has 1 heterocycles. The van der Waals surface area contributed by atoms with Gasteiger partial charge in [0.2, 0.25) is 0 Å². The van der Waals surface area contributed by atoms with Crippen LogP contribution in [0.5, 0.6) is 0 Å². The minimum atomic E-state index is -0.479. The summed E-state index contributed by atoms with van der Waals surface area (Å²) in [5, 5.41) is 0.344. The number of nitrogens with one attached hydrogen (secondary N) is 1. The minimum absolute atomic E-state index is 0.169. The van der Waals surface area contributed by atoms with Gasteiger partial charge in [0.1, 0.15) is 0 Å². The van der Waals surface area contributed by atoms with E-state index in [9.17, 15) is 9.59 Å². The molecular formula is C17H14BrClN2O3. The standard InChI is InChI=1S/C17H14BrClN2O3/c18-11-6-7-13(19)12(10-11)16(22)24-9-3-8-21-15-5-2-1-4-14(15)20-17(21)23/h1-2,4-7,10H,3,8-9H2,(H,20,23). The molecule has 0 spiro atoms. The zero-order valence-corrected chi connectivity index (χ0v) is 14.9. The Balaban J connectivity index is 1.61. The van der Waals surface area contributed by atoms with Gasteiger partial charge in [0.05, 0.1) is 28.2 Å². The van der Waals surface area contributed by atoms with Gasteiger partial charge in [0, 0.05) is 11.0 Å². The molecule has 0 saturated heterocycles. The molecule has 124 valence electrons. The molecule has 1 N–H and O–H groups in total. The van der Waals surface area contributed by atoms with E-state index in [1.54, 1.807) is 22.8 Å². The number of hydrogen-bond acceptors (Lipinski definition) is 3. The predicted molar refractivity (Wildman–Crippen MR) is 96.6 cm³/mol. The third-order valence-corrected chi connectivity index (χ3v) is 4.41. The number of imidazole rings is 1. The first-order valence-corrected chi connectivity index (χ1v) is 8.53. The predicted octanol–water partition coefficient (Wildman–Crippen LogP) is 3.99. The van der Waals surface area contributed by atoms with E-state index in [2.05, 4.69) is 20.9 Å². The number of para-hydroxylation sites is 2. The lowest BCUT2D eigenvalue weighted by Crippen LogP contribution is -2.18. The molecule has 5 nitrogen and oxygen atoms in total. The summed E-state index contributed by atoms with van der Waals surface area (Å²) in [7, 11) is 0. The molecule has 0 aliphatic heterocycles. The first-order chi connectivity index (χ1) is 11.6. The van der Waals surface area contributed by atoms with Crippen LogP contribution >= 0.6 is 27.5 Å². The van der Waals surface area contributed by atoms with Crippen LogP contribution < -0.4 is 5.69 Å². The van der Waals surface area contributed by atoms with Crippen molar-refractivity contribution in [3.63, 3.8) is 0 Å². The van der Waals surface area contributed by atoms with Crippen molar-refractivity contribution in [1.29, 1.82) is 0 Å². The van der Waals surface area contributed by atoms with Crippen LogP contribution in [-0.2, 0) is 11.3 Å². The van der Waals surface area contributed by atoms with Crippen molar-refractivity contribution in [2.24, 2.45) is 0 Å². The van der Waals surface area contributed by atoms with Crippen molar-refractivity contribution in [1.82, 2.24) is 9.55 Å². The first-order valence-electron chi connectivity index (χ1n) is 7.36. The van der Waals surface area contributed by atoms with Gasteiger partial charge >= 0.3 is 11.7 Å². The summed E-state index contributed by atoms with van der Waals surface area (Å²) in [6.45, 7) is 0.663. The molecule has 0 amide bonds. The lowest BCUT2D eigenvalue weighted by atomic mass is 10.2. The van der Waals surface area contributed by atoms with Gasteiger partial charge in [-0.3, -0.25) is 4.57 Å². The molecule has 0 fully saturated rings. The number of H-pyrrole nitrogens is 1. The summed E-state index contributed by atoms with van der Waals surface area (Å²) >= 11 is 9.30. The highest BCUT2D eigenvalue weighted by atomic mass is 79.9. The van der Waals surface area contributed by atoms with Gasteiger partial charge in [-0.2, -0.15) is 0 Å². The van der Waals surface area contributed by atoms with E-state index < -0.39 is 5.97 Å². The highest BCUT2D eigenvalue weighted by molar-refractivity contribution is 9.10. The smallest absolute Gasteiger partial charge is 0.339 e. The highest BCUT2D eigenvalue weighted by Gasteiger charge is 2.12. The number of hydrogen-bond donors (Lipinski definition) is 1. The summed E-state index contributed by atoms with van der Waals surface area (Å²) < 4.78 is 7.63. The van der Waals surface area contributed by atoms with Crippen LogP contribution in [0.3, 0.4) is 0 Å². The minimum Gasteiger partial charge on any atom is -0.462 e. The Morgan fingerprint density at radius 2 is 2.04 bits per heavy atom. The molecule has 3 aromatic rings. The number of carbonyl (C=O) groups excluding carboxylic acids is 1. The van der Waals surface area contributed by atoms with E-state index >= 15 is 0 Å². The number of aromatic nitrogens is 2. The van der Waals surface area contributed by atoms with Gasteiger partial charge in [0.15, 0.2) is 0 Å². The quantitative estimate of drug-likeness (QED) is 0.512. The number of fused-ring (bicyclic) bond motifs is 1. The number of nitrogens with zero attached hydrogens (tertiary/aromatic N) is 1. The molecule has 3 rings (SSSR count). The topological polar surface area (TPSA) is 64.1 Å². The molecule has 0 radical (unpaired) electrons. The van der Waals surface area contributed by atoms with E-state index in [1.807, 2.05) is 24.3 Å². The lowest BCUT2D eigenvalue weighted by Gasteiger charge is -2.07. The normalized spacial score (nSPS) is 10.9.